The first-order chi connectivity index (χ1) is 9.59. The Morgan fingerprint density at radius 1 is 1.20 bits per heavy atom. The number of para-hydroxylation sites is 2. The van der Waals surface area contributed by atoms with Gasteiger partial charge in [0.25, 0.3) is 0 Å². The van der Waals surface area contributed by atoms with Crippen LogP contribution in [0.1, 0.15) is 20.3 Å². The van der Waals surface area contributed by atoms with Crippen LogP contribution in [0.25, 0.3) is 0 Å². The SMILES string of the molecule is CC(C)COCCOC(=O)CCOc1ccccc1N. The predicted octanol–water partition coefficient (Wildman–Crippen LogP) is 2.25. The van der Waals surface area contributed by atoms with Crippen molar-refractivity contribution in [3.05, 3.63) is 24.3 Å². The minimum atomic E-state index is -0.298. The van der Waals surface area contributed by atoms with Crippen LogP contribution in [0.3, 0.4) is 0 Å². The monoisotopic (exact) mass is 281 g/mol. The summed E-state index contributed by atoms with van der Waals surface area (Å²) < 4.78 is 15.7. The van der Waals surface area contributed by atoms with Crippen LogP contribution >= 0.6 is 0 Å². The van der Waals surface area contributed by atoms with Crippen LogP contribution in [0, 0.1) is 5.92 Å². The zero-order chi connectivity index (χ0) is 14.8. The third-order valence-corrected chi connectivity index (χ3v) is 2.42. The number of benzene rings is 1. The lowest BCUT2D eigenvalue weighted by Crippen LogP contribution is -2.14. The number of carbonyl (C=O) groups excluding carboxylic acids is 1. The number of hydrogen-bond acceptors (Lipinski definition) is 5. The van der Waals surface area contributed by atoms with Gasteiger partial charge in [-0.1, -0.05) is 26.0 Å². The number of hydrogen-bond donors (Lipinski definition) is 1. The van der Waals surface area contributed by atoms with E-state index in [9.17, 15) is 4.79 Å². The highest BCUT2D eigenvalue weighted by Crippen LogP contribution is 2.19. The second kappa shape index (κ2) is 9.20. The number of nitrogen functional groups attached to an aromatic ring is 1. The summed E-state index contributed by atoms with van der Waals surface area (Å²) in [5.74, 6) is 0.767. The molecule has 0 saturated carbocycles. The van der Waals surface area contributed by atoms with Crippen LogP contribution in [0.2, 0.25) is 0 Å². The highest BCUT2D eigenvalue weighted by molar-refractivity contribution is 5.69. The van der Waals surface area contributed by atoms with E-state index < -0.39 is 0 Å². The summed E-state index contributed by atoms with van der Waals surface area (Å²) in [6, 6.07) is 7.17. The second-order valence-electron chi connectivity index (χ2n) is 4.83. The molecular formula is C15H23NO4. The van der Waals surface area contributed by atoms with Crippen molar-refractivity contribution in [1.82, 2.24) is 0 Å². The number of carbonyl (C=O) groups is 1. The van der Waals surface area contributed by atoms with E-state index in [0.717, 1.165) is 0 Å². The number of nitrogens with two attached hydrogens (primary N) is 1. The van der Waals surface area contributed by atoms with Gasteiger partial charge in [-0.15, -0.1) is 0 Å². The Morgan fingerprint density at radius 2 is 1.95 bits per heavy atom. The van der Waals surface area contributed by atoms with Crippen molar-refractivity contribution >= 4 is 11.7 Å². The van der Waals surface area contributed by atoms with E-state index >= 15 is 0 Å². The molecule has 0 heterocycles. The van der Waals surface area contributed by atoms with Gasteiger partial charge in [-0.3, -0.25) is 4.79 Å². The van der Waals surface area contributed by atoms with Gasteiger partial charge in [-0.25, -0.2) is 0 Å². The minimum absolute atomic E-state index is 0.193. The lowest BCUT2D eigenvalue weighted by atomic mass is 10.2. The maximum atomic E-state index is 11.4. The van der Waals surface area contributed by atoms with Gasteiger partial charge in [0, 0.05) is 6.61 Å². The molecule has 20 heavy (non-hydrogen) atoms. The molecule has 0 spiro atoms. The Kier molecular flexibility index (Phi) is 7.50. The molecule has 0 aliphatic heterocycles. The molecule has 0 amide bonds. The van der Waals surface area contributed by atoms with E-state index in [2.05, 4.69) is 13.8 Å². The highest BCUT2D eigenvalue weighted by Gasteiger charge is 2.05. The molecule has 0 fully saturated rings. The maximum absolute atomic E-state index is 11.4. The summed E-state index contributed by atoms with van der Waals surface area (Å²) in [6.45, 7) is 5.76. The van der Waals surface area contributed by atoms with Crippen LogP contribution in [-0.4, -0.2) is 32.4 Å². The molecular weight excluding hydrogens is 258 g/mol. The molecule has 0 aliphatic rings. The Balaban J connectivity index is 2.07. The van der Waals surface area contributed by atoms with Crippen LogP contribution in [-0.2, 0) is 14.3 Å². The summed E-state index contributed by atoms with van der Waals surface area (Å²) >= 11 is 0. The average molecular weight is 281 g/mol. The van der Waals surface area contributed by atoms with Gasteiger partial charge < -0.3 is 19.9 Å². The molecule has 1 aromatic rings. The third-order valence-electron chi connectivity index (χ3n) is 2.42. The van der Waals surface area contributed by atoms with Gasteiger partial charge in [0.15, 0.2) is 0 Å². The molecule has 0 unspecified atom stereocenters. The first-order valence-electron chi connectivity index (χ1n) is 6.80. The van der Waals surface area contributed by atoms with Crippen molar-refractivity contribution in [3.8, 4) is 5.75 Å². The van der Waals surface area contributed by atoms with E-state index in [-0.39, 0.29) is 25.6 Å². The Hall–Kier alpha value is -1.75. The first kappa shape index (κ1) is 16.3. The molecule has 5 heteroatoms. The number of esters is 1. The van der Waals surface area contributed by atoms with Crippen LogP contribution < -0.4 is 10.5 Å². The van der Waals surface area contributed by atoms with E-state index in [1.54, 1.807) is 12.1 Å². The largest absolute Gasteiger partial charge is 0.491 e. The molecule has 1 rings (SSSR count). The molecule has 1 aromatic carbocycles. The van der Waals surface area contributed by atoms with Crippen molar-refractivity contribution < 1.29 is 19.0 Å². The normalized spacial score (nSPS) is 10.6. The summed E-state index contributed by atoms with van der Waals surface area (Å²) in [5, 5.41) is 0. The zero-order valence-corrected chi connectivity index (χ0v) is 12.1. The zero-order valence-electron chi connectivity index (χ0n) is 12.1. The topological polar surface area (TPSA) is 70.8 Å². The van der Waals surface area contributed by atoms with Gasteiger partial charge in [-0.05, 0) is 18.1 Å². The molecule has 0 radical (unpaired) electrons. The molecule has 112 valence electrons. The standard InChI is InChI=1S/C15H23NO4/c1-12(2)11-18-9-10-20-15(17)7-8-19-14-6-4-3-5-13(14)16/h3-6,12H,7-11,16H2,1-2H3. The lowest BCUT2D eigenvalue weighted by molar-refractivity contribution is -0.145. The quantitative estimate of drug-likeness (QED) is 0.427. The van der Waals surface area contributed by atoms with Gasteiger partial charge in [0.2, 0.25) is 0 Å². The molecule has 2 N–H and O–H groups in total. The molecule has 0 aromatic heterocycles. The number of ether oxygens (including phenoxy) is 3. The van der Waals surface area contributed by atoms with Crippen molar-refractivity contribution in [2.24, 2.45) is 5.92 Å². The summed E-state index contributed by atoms with van der Waals surface area (Å²) in [5.41, 5.74) is 6.28. The van der Waals surface area contributed by atoms with Gasteiger partial charge in [-0.2, -0.15) is 0 Å². The summed E-state index contributed by atoms with van der Waals surface area (Å²) in [7, 11) is 0. The predicted molar refractivity (Wildman–Crippen MR) is 77.6 cm³/mol. The van der Waals surface area contributed by atoms with Crippen LogP contribution in [0.5, 0.6) is 5.75 Å². The average Bonchev–Trinajstić information content (AvgIpc) is 2.40. The third kappa shape index (κ3) is 6.99. The molecule has 0 saturated heterocycles. The fraction of sp³-hybridized carbons (Fsp3) is 0.533. The fourth-order valence-electron chi connectivity index (χ4n) is 1.46. The molecule has 5 nitrogen and oxygen atoms in total. The van der Waals surface area contributed by atoms with Crippen molar-refractivity contribution in [1.29, 1.82) is 0 Å². The minimum Gasteiger partial charge on any atom is -0.491 e. The van der Waals surface area contributed by atoms with Crippen molar-refractivity contribution in [3.63, 3.8) is 0 Å². The second-order valence-corrected chi connectivity index (χ2v) is 4.83. The molecule has 0 aliphatic carbocycles. The van der Waals surface area contributed by atoms with Gasteiger partial charge in [0.05, 0.1) is 25.3 Å². The fourth-order valence-corrected chi connectivity index (χ4v) is 1.46. The summed E-state index contributed by atoms with van der Waals surface area (Å²) in [6.07, 6.45) is 0.193. The van der Waals surface area contributed by atoms with E-state index in [1.807, 2.05) is 12.1 Å². The maximum Gasteiger partial charge on any atom is 0.309 e. The Bertz CT molecular complexity index is 407. The summed E-state index contributed by atoms with van der Waals surface area (Å²) in [4.78, 5) is 11.4. The lowest BCUT2D eigenvalue weighted by Gasteiger charge is -2.09. The van der Waals surface area contributed by atoms with Gasteiger partial charge >= 0.3 is 5.97 Å². The number of rotatable bonds is 9. The Morgan fingerprint density at radius 3 is 2.65 bits per heavy atom. The van der Waals surface area contributed by atoms with E-state index in [4.69, 9.17) is 19.9 Å². The Labute approximate surface area is 120 Å². The van der Waals surface area contributed by atoms with Crippen LogP contribution in [0.15, 0.2) is 24.3 Å². The highest BCUT2D eigenvalue weighted by atomic mass is 16.6. The van der Waals surface area contributed by atoms with E-state index in [1.165, 1.54) is 0 Å². The smallest absolute Gasteiger partial charge is 0.309 e. The number of anilines is 1. The van der Waals surface area contributed by atoms with Gasteiger partial charge in [0.1, 0.15) is 12.4 Å². The van der Waals surface area contributed by atoms with Crippen molar-refractivity contribution in [2.75, 3.05) is 32.2 Å². The van der Waals surface area contributed by atoms with E-state index in [0.29, 0.717) is 30.6 Å². The first-order valence-corrected chi connectivity index (χ1v) is 6.80. The van der Waals surface area contributed by atoms with Crippen molar-refractivity contribution in [2.45, 2.75) is 20.3 Å². The van der Waals surface area contributed by atoms with Crippen LogP contribution in [0.4, 0.5) is 5.69 Å². The molecule has 0 bridgehead atoms. The molecule has 0 atom stereocenters.